The summed E-state index contributed by atoms with van der Waals surface area (Å²) < 4.78 is 0.981. The summed E-state index contributed by atoms with van der Waals surface area (Å²) in [5.74, 6) is -0.939. The largest absolute Gasteiger partial charge is 0.480 e. The molecule has 1 aliphatic carbocycles. The van der Waals surface area contributed by atoms with Gasteiger partial charge in [0.2, 0.25) is 0 Å². The van der Waals surface area contributed by atoms with Crippen LogP contribution in [0.25, 0.3) is 0 Å². The summed E-state index contributed by atoms with van der Waals surface area (Å²) in [5.41, 5.74) is -1.10. The Hall–Kier alpha value is -1.08. The van der Waals surface area contributed by atoms with Gasteiger partial charge in [0.05, 0.1) is 6.54 Å². The molecule has 7 heteroatoms. The first kappa shape index (κ1) is 15.3. The van der Waals surface area contributed by atoms with E-state index in [0.717, 1.165) is 28.6 Å². The van der Waals surface area contributed by atoms with E-state index in [0.29, 0.717) is 19.4 Å². The lowest BCUT2D eigenvalue weighted by molar-refractivity contribution is -0.145. The van der Waals surface area contributed by atoms with Crippen molar-refractivity contribution in [1.29, 1.82) is 0 Å². The number of carbonyl (C=O) groups is 2. The van der Waals surface area contributed by atoms with Gasteiger partial charge in [-0.15, -0.1) is 11.3 Å². The molecule has 0 unspecified atom stereocenters. The molecule has 2 rings (SSSR count). The number of rotatable bonds is 4. The molecule has 0 aliphatic heterocycles. The average molecular weight is 361 g/mol. The number of nitrogens with one attached hydrogen (secondary N) is 2. The van der Waals surface area contributed by atoms with Crippen LogP contribution in [0, 0.1) is 0 Å². The summed E-state index contributed by atoms with van der Waals surface area (Å²) >= 11 is 4.89. The first-order chi connectivity index (χ1) is 9.52. The summed E-state index contributed by atoms with van der Waals surface area (Å²) in [7, 11) is 0. The van der Waals surface area contributed by atoms with Gasteiger partial charge < -0.3 is 15.7 Å². The predicted octanol–water partition coefficient (Wildman–Crippen LogP) is 3.10. The molecule has 0 radical (unpaired) electrons. The molecule has 0 saturated heterocycles. The van der Waals surface area contributed by atoms with Gasteiger partial charge in [0.1, 0.15) is 5.54 Å². The fourth-order valence-electron chi connectivity index (χ4n) is 2.42. The van der Waals surface area contributed by atoms with Gasteiger partial charge in [0.25, 0.3) is 0 Å². The number of amides is 2. The third-order valence-electron chi connectivity index (χ3n) is 3.51. The highest BCUT2D eigenvalue weighted by Gasteiger charge is 2.40. The Morgan fingerprint density at radius 2 is 2.05 bits per heavy atom. The SMILES string of the molecule is O=C(NCc1cc(Br)cs1)NC1(C(=O)O)CCCCC1. The Balaban J connectivity index is 1.90. The molecule has 0 spiro atoms. The van der Waals surface area contributed by atoms with Crippen molar-refractivity contribution in [1.82, 2.24) is 10.6 Å². The van der Waals surface area contributed by atoms with E-state index in [2.05, 4.69) is 26.6 Å². The van der Waals surface area contributed by atoms with Crippen LogP contribution in [0.4, 0.5) is 4.79 Å². The summed E-state index contributed by atoms with van der Waals surface area (Å²) in [6.45, 7) is 0.401. The maximum Gasteiger partial charge on any atom is 0.329 e. The minimum Gasteiger partial charge on any atom is -0.480 e. The normalized spacial score (nSPS) is 17.4. The zero-order valence-corrected chi connectivity index (χ0v) is 13.3. The zero-order chi connectivity index (χ0) is 14.6. The first-order valence-corrected chi connectivity index (χ1v) is 8.21. The number of urea groups is 1. The highest BCUT2D eigenvalue weighted by atomic mass is 79.9. The number of carboxylic acids is 1. The summed E-state index contributed by atoms with van der Waals surface area (Å²) in [5, 5.41) is 16.7. The van der Waals surface area contributed by atoms with Gasteiger partial charge in [-0.2, -0.15) is 0 Å². The number of hydrogen-bond acceptors (Lipinski definition) is 3. The molecule has 1 heterocycles. The van der Waals surface area contributed by atoms with Crippen molar-refractivity contribution < 1.29 is 14.7 Å². The first-order valence-electron chi connectivity index (χ1n) is 6.54. The molecular weight excluding hydrogens is 344 g/mol. The van der Waals surface area contributed by atoms with Gasteiger partial charge in [-0.1, -0.05) is 19.3 Å². The van der Waals surface area contributed by atoms with Crippen molar-refractivity contribution in [2.24, 2.45) is 0 Å². The monoisotopic (exact) mass is 360 g/mol. The van der Waals surface area contributed by atoms with Crippen molar-refractivity contribution in [2.75, 3.05) is 0 Å². The topological polar surface area (TPSA) is 78.4 Å². The average Bonchev–Trinajstić information content (AvgIpc) is 2.83. The molecule has 1 aromatic rings. The number of carbonyl (C=O) groups excluding carboxylic acids is 1. The van der Waals surface area contributed by atoms with Crippen LogP contribution in [0.3, 0.4) is 0 Å². The van der Waals surface area contributed by atoms with E-state index >= 15 is 0 Å². The van der Waals surface area contributed by atoms with Crippen LogP contribution in [-0.4, -0.2) is 22.6 Å². The lowest BCUT2D eigenvalue weighted by atomic mass is 9.82. The molecule has 0 atom stereocenters. The third-order valence-corrected chi connectivity index (χ3v) is 5.21. The molecule has 20 heavy (non-hydrogen) atoms. The fraction of sp³-hybridized carbons (Fsp3) is 0.538. The predicted molar refractivity (Wildman–Crippen MR) is 80.8 cm³/mol. The molecule has 0 aromatic carbocycles. The number of halogens is 1. The number of aliphatic carboxylic acids is 1. The van der Waals surface area contributed by atoms with Crippen LogP contribution in [0.2, 0.25) is 0 Å². The summed E-state index contributed by atoms with van der Waals surface area (Å²) in [4.78, 5) is 24.4. The Morgan fingerprint density at radius 1 is 1.35 bits per heavy atom. The van der Waals surface area contributed by atoms with Gasteiger partial charge >= 0.3 is 12.0 Å². The van der Waals surface area contributed by atoms with Gasteiger partial charge in [-0.25, -0.2) is 9.59 Å². The lowest BCUT2D eigenvalue weighted by Gasteiger charge is -2.33. The number of thiophene rings is 1. The van der Waals surface area contributed by atoms with Crippen LogP contribution in [0.5, 0.6) is 0 Å². The molecule has 5 nitrogen and oxygen atoms in total. The second kappa shape index (κ2) is 6.58. The summed E-state index contributed by atoms with van der Waals surface area (Å²) in [6.07, 6.45) is 3.71. The highest BCUT2D eigenvalue weighted by Crippen LogP contribution is 2.28. The van der Waals surface area contributed by atoms with E-state index in [9.17, 15) is 14.7 Å². The fourth-order valence-corrected chi connectivity index (χ4v) is 3.81. The molecule has 1 aromatic heterocycles. The van der Waals surface area contributed by atoms with Crippen LogP contribution in [0.15, 0.2) is 15.9 Å². The smallest absolute Gasteiger partial charge is 0.329 e. The van der Waals surface area contributed by atoms with E-state index in [1.54, 1.807) is 0 Å². The third kappa shape index (κ3) is 3.73. The minimum absolute atomic E-state index is 0.401. The molecular formula is C13H17BrN2O3S. The van der Waals surface area contributed by atoms with Crippen molar-refractivity contribution in [2.45, 2.75) is 44.2 Å². The molecule has 1 saturated carbocycles. The van der Waals surface area contributed by atoms with Crippen molar-refractivity contribution in [3.05, 3.63) is 20.8 Å². The molecule has 3 N–H and O–H groups in total. The van der Waals surface area contributed by atoms with Gasteiger partial charge in [0, 0.05) is 14.7 Å². The van der Waals surface area contributed by atoms with Gasteiger partial charge in [-0.3, -0.25) is 0 Å². The second-order valence-electron chi connectivity index (χ2n) is 4.99. The Bertz CT molecular complexity index is 498. The molecule has 0 bridgehead atoms. The Morgan fingerprint density at radius 3 is 2.60 bits per heavy atom. The number of hydrogen-bond donors (Lipinski definition) is 3. The standard InChI is InChI=1S/C13H17BrN2O3S/c14-9-6-10(20-8-9)7-15-12(19)16-13(11(17)18)4-2-1-3-5-13/h6,8H,1-5,7H2,(H,17,18)(H2,15,16,19). The lowest BCUT2D eigenvalue weighted by Crippen LogP contribution is -2.57. The van der Waals surface area contributed by atoms with Crippen molar-refractivity contribution in [3.63, 3.8) is 0 Å². The van der Waals surface area contributed by atoms with Crippen LogP contribution in [0.1, 0.15) is 37.0 Å². The maximum atomic E-state index is 11.9. The number of carboxylic acid groups (broad SMARTS) is 1. The van der Waals surface area contributed by atoms with E-state index < -0.39 is 17.5 Å². The Kier molecular flexibility index (Phi) is 5.04. The highest BCUT2D eigenvalue weighted by molar-refractivity contribution is 9.10. The van der Waals surface area contributed by atoms with Crippen LogP contribution >= 0.6 is 27.3 Å². The minimum atomic E-state index is -1.10. The molecule has 1 aliphatic rings. The van der Waals surface area contributed by atoms with Gasteiger partial charge in [0.15, 0.2) is 0 Å². The van der Waals surface area contributed by atoms with Crippen LogP contribution in [-0.2, 0) is 11.3 Å². The quantitative estimate of drug-likeness (QED) is 0.771. The zero-order valence-electron chi connectivity index (χ0n) is 10.9. The van der Waals surface area contributed by atoms with Crippen LogP contribution < -0.4 is 10.6 Å². The molecule has 2 amide bonds. The second-order valence-corrected chi connectivity index (χ2v) is 6.90. The van der Waals surface area contributed by atoms with Crippen molar-refractivity contribution in [3.8, 4) is 0 Å². The maximum absolute atomic E-state index is 11.9. The molecule has 110 valence electrons. The summed E-state index contributed by atoms with van der Waals surface area (Å²) in [6, 6.07) is 1.51. The van der Waals surface area contributed by atoms with E-state index in [1.165, 1.54) is 11.3 Å². The van der Waals surface area contributed by atoms with Gasteiger partial charge in [-0.05, 0) is 34.8 Å². The van der Waals surface area contributed by atoms with Crippen molar-refractivity contribution >= 4 is 39.3 Å². The Labute approximate surface area is 129 Å². The van der Waals surface area contributed by atoms with E-state index in [4.69, 9.17) is 0 Å². The van der Waals surface area contributed by atoms with E-state index in [1.807, 2.05) is 11.4 Å². The van der Waals surface area contributed by atoms with E-state index in [-0.39, 0.29) is 0 Å². The molecule has 1 fully saturated rings.